The fourth-order valence-corrected chi connectivity index (χ4v) is 1.86. The molecule has 0 radical (unpaired) electrons. The number of anilines is 1. The second-order valence-electron chi connectivity index (χ2n) is 4.53. The molecule has 1 amide bonds. The Bertz CT molecular complexity index is 698. The maximum Gasteiger partial charge on any atom is 0.335 e. The van der Waals surface area contributed by atoms with Gasteiger partial charge in [0, 0.05) is 24.0 Å². The van der Waals surface area contributed by atoms with Gasteiger partial charge in [-0.3, -0.25) is 9.78 Å². The van der Waals surface area contributed by atoms with Crippen molar-refractivity contribution in [3.8, 4) is 0 Å². The molecule has 0 unspecified atom stereocenters. The van der Waals surface area contributed by atoms with Crippen LogP contribution in [0.3, 0.4) is 0 Å². The average molecular weight is 285 g/mol. The molecule has 0 saturated heterocycles. The molecule has 0 fully saturated rings. The summed E-state index contributed by atoms with van der Waals surface area (Å²) in [7, 11) is 0. The number of nitrogens with zero attached hydrogens (tertiary/aromatic N) is 1. The van der Waals surface area contributed by atoms with E-state index in [1.165, 1.54) is 18.3 Å². The molecule has 0 saturated carbocycles. The minimum atomic E-state index is -1.00. The number of carboxylic acids is 1. The van der Waals surface area contributed by atoms with E-state index in [1.807, 2.05) is 0 Å². The molecule has 21 heavy (non-hydrogen) atoms. The minimum Gasteiger partial charge on any atom is -0.478 e. The number of carbonyl (C=O) groups is 2. The molecule has 0 aliphatic heterocycles. The summed E-state index contributed by atoms with van der Waals surface area (Å²) in [6.45, 7) is 1.99. The molecular formula is C15H15N3O3. The monoisotopic (exact) mass is 285 g/mol. The third-order valence-corrected chi connectivity index (χ3v) is 3.01. The number of hydrogen-bond acceptors (Lipinski definition) is 4. The molecule has 4 N–H and O–H groups in total. The second-order valence-corrected chi connectivity index (χ2v) is 4.53. The maximum atomic E-state index is 12.2. The van der Waals surface area contributed by atoms with E-state index in [0.717, 1.165) is 0 Å². The number of nitrogens with two attached hydrogens (primary N) is 1. The van der Waals surface area contributed by atoms with Crippen LogP contribution in [0, 0.1) is 6.92 Å². The van der Waals surface area contributed by atoms with Crippen molar-refractivity contribution in [2.45, 2.75) is 13.5 Å². The Kier molecular flexibility index (Phi) is 4.30. The average Bonchev–Trinajstić information content (AvgIpc) is 2.49. The molecule has 1 aromatic heterocycles. The van der Waals surface area contributed by atoms with E-state index in [2.05, 4.69) is 10.3 Å². The molecule has 2 rings (SSSR count). The molecule has 0 aliphatic rings. The topological polar surface area (TPSA) is 105 Å². The standard InChI is InChI=1S/C15H15N3O3/c1-9-6-11(15(20)21)2-3-13(9)18-14(19)10-4-5-17-12(7-10)8-16/h2-7H,8,16H2,1H3,(H,18,19)(H,20,21). The van der Waals surface area contributed by atoms with Crippen LogP contribution in [0.5, 0.6) is 0 Å². The Labute approximate surface area is 121 Å². The van der Waals surface area contributed by atoms with Gasteiger partial charge in [-0.1, -0.05) is 0 Å². The highest BCUT2D eigenvalue weighted by Gasteiger charge is 2.10. The molecule has 2 aromatic rings. The molecule has 0 atom stereocenters. The lowest BCUT2D eigenvalue weighted by atomic mass is 10.1. The largest absolute Gasteiger partial charge is 0.478 e. The number of rotatable bonds is 4. The van der Waals surface area contributed by atoms with E-state index in [1.54, 1.807) is 25.1 Å². The highest BCUT2D eigenvalue weighted by Crippen LogP contribution is 2.17. The van der Waals surface area contributed by atoms with Gasteiger partial charge in [-0.25, -0.2) is 4.79 Å². The summed E-state index contributed by atoms with van der Waals surface area (Å²) in [4.78, 5) is 27.1. The summed E-state index contributed by atoms with van der Waals surface area (Å²) in [6, 6.07) is 7.74. The van der Waals surface area contributed by atoms with E-state index in [9.17, 15) is 9.59 Å². The number of amides is 1. The molecule has 108 valence electrons. The van der Waals surface area contributed by atoms with E-state index < -0.39 is 5.97 Å². The van der Waals surface area contributed by atoms with Crippen LogP contribution in [0.1, 0.15) is 32.0 Å². The number of hydrogen-bond donors (Lipinski definition) is 3. The number of benzene rings is 1. The van der Waals surface area contributed by atoms with Crippen molar-refractivity contribution in [1.29, 1.82) is 0 Å². The van der Waals surface area contributed by atoms with Crippen LogP contribution in [0.2, 0.25) is 0 Å². The first-order valence-corrected chi connectivity index (χ1v) is 6.31. The zero-order chi connectivity index (χ0) is 15.4. The van der Waals surface area contributed by atoms with Crippen molar-refractivity contribution < 1.29 is 14.7 Å². The predicted molar refractivity (Wildman–Crippen MR) is 78.2 cm³/mol. The van der Waals surface area contributed by atoms with Crippen molar-refractivity contribution in [2.24, 2.45) is 5.73 Å². The number of carbonyl (C=O) groups excluding carboxylic acids is 1. The van der Waals surface area contributed by atoms with Gasteiger partial charge < -0.3 is 16.2 Å². The van der Waals surface area contributed by atoms with Gasteiger partial charge in [0.15, 0.2) is 0 Å². The van der Waals surface area contributed by atoms with E-state index in [0.29, 0.717) is 22.5 Å². The first kappa shape index (κ1) is 14.7. The Balaban J connectivity index is 2.21. The van der Waals surface area contributed by atoms with Gasteiger partial charge in [-0.05, 0) is 42.8 Å². The van der Waals surface area contributed by atoms with Crippen molar-refractivity contribution in [1.82, 2.24) is 4.98 Å². The van der Waals surface area contributed by atoms with Crippen LogP contribution in [0.15, 0.2) is 36.5 Å². The fraction of sp³-hybridized carbons (Fsp3) is 0.133. The Morgan fingerprint density at radius 3 is 2.62 bits per heavy atom. The number of aromatic nitrogens is 1. The van der Waals surface area contributed by atoms with Crippen LogP contribution < -0.4 is 11.1 Å². The van der Waals surface area contributed by atoms with Crippen molar-refractivity contribution in [3.05, 3.63) is 58.9 Å². The van der Waals surface area contributed by atoms with Gasteiger partial charge in [0.05, 0.1) is 11.3 Å². The van der Waals surface area contributed by atoms with Crippen LogP contribution >= 0.6 is 0 Å². The summed E-state index contributed by atoms with van der Waals surface area (Å²) in [6.07, 6.45) is 1.53. The zero-order valence-corrected chi connectivity index (χ0v) is 11.5. The van der Waals surface area contributed by atoms with Crippen LogP contribution in [0.25, 0.3) is 0 Å². The fourth-order valence-electron chi connectivity index (χ4n) is 1.86. The number of aromatic carboxylic acids is 1. The van der Waals surface area contributed by atoms with E-state index >= 15 is 0 Å². The highest BCUT2D eigenvalue weighted by molar-refractivity contribution is 6.04. The Hall–Kier alpha value is -2.73. The highest BCUT2D eigenvalue weighted by atomic mass is 16.4. The SMILES string of the molecule is Cc1cc(C(=O)O)ccc1NC(=O)c1ccnc(CN)c1. The van der Waals surface area contributed by atoms with Gasteiger partial charge in [0.25, 0.3) is 5.91 Å². The zero-order valence-electron chi connectivity index (χ0n) is 11.5. The van der Waals surface area contributed by atoms with Crippen molar-refractivity contribution in [3.63, 3.8) is 0 Å². The third-order valence-electron chi connectivity index (χ3n) is 3.01. The van der Waals surface area contributed by atoms with Gasteiger partial charge in [0.1, 0.15) is 0 Å². The second kappa shape index (κ2) is 6.15. The minimum absolute atomic E-state index is 0.180. The number of nitrogens with one attached hydrogen (secondary N) is 1. The first-order chi connectivity index (χ1) is 10.0. The summed E-state index contributed by atoms with van der Waals surface area (Å²) >= 11 is 0. The van der Waals surface area contributed by atoms with Crippen molar-refractivity contribution >= 4 is 17.6 Å². The lowest BCUT2D eigenvalue weighted by molar-refractivity contribution is 0.0696. The maximum absolute atomic E-state index is 12.2. The van der Waals surface area contributed by atoms with Crippen LogP contribution in [-0.4, -0.2) is 22.0 Å². The lowest BCUT2D eigenvalue weighted by Crippen LogP contribution is -2.14. The molecule has 0 bridgehead atoms. The molecule has 1 heterocycles. The smallest absolute Gasteiger partial charge is 0.335 e. The predicted octanol–water partition coefficient (Wildman–Crippen LogP) is 1.80. The summed E-state index contributed by atoms with van der Waals surface area (Å²) < 4.78 is 0. The Morgan fingerprint density at radius 1 is 1.24 bits per heavy atom. The first-order valence-electron chi connectivity index (χ1n) is 6.31. The summed E-state index contributed by atoms with van der Waals surface area (Å²) in [5.74, 6) is -1.30. The van der Waals surface area contributed by atoms with Gasteiger partial charge in [-0.15, -0.1) is 0 Å². The molecule has 1 aromatic carbocycles. The molecule has 6 nitrogen and oxygen atoms in total. The summed E-state index contributed by atoms with van der Waals surface area (Å²) in [5, 5.41) is 11.7. The quantitative estimate of drug-likeness (QED) is 0.794. The lowest BCUT2D eigenvalue weighted by Gasteiger charge is -2.09. The number of carboxylic acid groups (broad SMARTS) is 1. The van der Waals surface area contributed by atoms with Crippen LogP contribution in [-0.2, 0) is 6.54 Å². The van der Waals surface area contributed by atoms with Gasteiger partial charge in [0.2, 0.25) is 0 Å². The van der Waals surface area contributed by atoms with Crippen molar-refractivity contribution in [2.75, 3.05) is 5.32 Å². The Morgan fingerprint density at radius 2 is 2.00 bits per heavy atom. The van der Waals surface area contributed by atoms with Gasteiger partial charge in [-0.2, -0.15) is 0 Å². The third kappa shape index (κ3) is 3.43. The van der Waals surface area contributed by atoms with Gasteiger partial charge >= 0.3 is 5.97 Å². The molecule has 0 aliphatic carbocycles. The molecular weight excluding hydrogens is 270 g/mol. The van der Waals surface area contributed by atoms with E-state index in [4.69, 9.17) is 10.8 Å². The van der Waals surface area contributed by atoms with Crippen LogP contribution in [0.4, 0.5) is 5.69 Å². The van der Waals surface area contributed by atoms with E-state index in [-0.39, 0.29) is 18.0 Å². The number of aryl methyl sites for hydroxylation is 1. The molecule has 0 spiro atoms. The number of pyridine rings is 1. The summed E-state index contributed by atoms with van der Waals surface area (Å²) in [5.41, 5.74) is 7.99. The molecule has 6 heteroatoms. The normalized spacial score (nSPS) is 10.2.